The van der Waals surface area contributed by atoms with Crippen molar-refractivity contribution >= 4 is 16.8 Å². The number of likely N-dealkylation sites (tertiary alicyclic amines) is 1. The van der Waals surface area contributed by atoms with Crippen molar-refractivity contribution in [1.82, 2.24) is 15.2 Å². The molecule has 1 aliphatic rings. The smallest absolute Gasteiger partial charge is 0.252 e. The lowest BCUT2D eigenvalue weighted by atomic mass is 10.0. The minimum Gasteiger partial charge on any atom is -0.496 e. The van der Waals surface area contributed by atoms with Crippen molar-refractivity contribution < 1.29 is 9.53 Å². The first-order valence-electron chi connectivity index (χ1n) is 10.4. The number of para-hydroxylation sites is 2. The van der Waals surface area contributed by atoms with Crippen LogP contribution in [0.5, 0.6) is 5.75 Å². The molecule has 6 nitrogen and oxygen atoms in total. The van der Waals surface area contributed by atoms with Crippen LogP contribution in [0.1, 0.15) is 24.0 Å². The monoisotopic (exact) mass is 405 g/mol. The number of methoxy groups -OCH3 is 1. The molecule has 2 N–H and O–H groups in total. The summed E-state index contributed by atoms with van der Waals surface area (Å²) in [7, 11) is 1.63. The fourth-order valence-electron chi connectivity index (χ4n) is 4.03. The molecule has 2 aromatic carbocycles. The van der Waals surface area contributed by atoms with Gasteiger partial charge in [-0.15, -0.1) is 0 Å². The maximum absolute atomic E-state index is 12.7. The molecular formula is C24H27N3O3. The molecule has 1 amide bonds. The third kappa shape index (κ3) is 4.54. The molecule has 6 heteroatoms. The number of piperidine rings is 1. The lowest BCUT2D eigenvalue weighted by molar-refractivity contribution is -0.131. The molecule has 1 fully saturated rings. The van der Waals surface area contributed by atoms with Crippen LogP contribution in [0.25, 0.3) is 10.9 Å². The lowest BCUT2D eigenvalue weighted by Gasteiger charge is -2.32. The molecule has 2 heterocycles. The number of H-pyrrole nitrogens is 1. The van der Waals surface area contributed by atoms with E-state index >= 15 is 0 Å². The van der Waals surface area contributed by atoms with Crippen molar-refractivity contribution in [3.05, 3.63) is 76.1 Å². The number of carbonyl (C=O) groups excluding carboxylic acids is 1. The second-order valence-electron chi connectivity index (χ2n) is 7.74. The van der Waals surface area contributed by atoms with Gasteiger partial charge in [0.2, 0.25) is 5.91 Å². The van der Waals surface area contributed by atoms with Crippen LogP contribution in [0, 0.1) is 0 Å². The minimum absolute atomic E-state index is 0.0503. The number of aromatic nitrogens is 1. The summed E-state index contributed by atoms with van der Waals surface area (Å²) in [5.74, 6) is 0.881. The van der Waals surface area contributed by atoms with Gasteiger partial charge in [0, 0.05) is 42.3 Å². The first-order valence-corrected chi connectivity index (χ1v) is 10.4. The van der Waals surface area contributed by atoms with Gasteiger partial charge in [0.15, 0.2) is 0 Å². The average Bonchev–Trinajstić information content (AvgIpc) is 2.78. The van der Waals surface area contributed by atoms with Gasteiger partial charge in [-0.1, -0.05) is 36.4 Å². The largest absolute Gasteiger partial charge is 0.496 e. The summed E-state index contributed by atoms with van der Waals surface area (Å²) in [6.07, 6.45) is 2.11. The summed E-state index contributed by atoms with van der Waals surface area (Å²) >= 11 is 0. The van der Waals surface area contributed by atoms with Crippen LogP contribution in [-0.4, -0.2) is 42.0 Å². The number of hydrogen-bond acceptors (Lipinski definition) is 4. The standard InChI is InChI=1S/C24H27N3O3/c1-30-22-9-5-3-7-18(22)15-23(28)27-12-10-20(11-13-27)25-16-19-14-17-6-2-4-8-21(17)26-24(19)29/h2-9,14,20,25H,10-13,15-16H2,1H3,(H,26,29). The summed E-state index contributed by atoms with van der Waals surface area (Å²) in [6.45, 7) is 1.97. The summed E-state index contributed by atoms with van der Waals surface area (Å²) in [6, 6.07) is 17.7. The van der Waals surface area contributed by atoms with E-state index in [-0.39, 0.29) is 11.5 Å². The van der Waals surface area contributed by atoms with Gasteiger partial charge in [0.1, 0.15) is 5.75 Å². The molecule has 3 aromatic rings. The second-order valence-corrected chi connectivity index (χ2v) is 7.74. The first-order chi connectivity index (χ1) is 14.6. The van der Waals surface area contributed by atoms with E-state index < -0.39 is 0 Å². The fourth-order valence-corrected chi connectivity index (χ4v) is 4.03. The molecule has 0 atom stereocenters. The maximum Gasteiger partial charge on any atom is 0.252 e. The molecule has 1 saturated heterocycles. The fraction of sp³-hybridized carbons (Fsp3) is 0.333. The van der Waals surface area contributed by atoms with E-state index in [9.17, 15) is 9.59 Å². The van der Waals surface area contributed by atoms with Crippen molar-refractivity contribution in [2.75, 3.05) is 20.2 Å². The first kappa shape index (κ1) is 20.2. The quantitative estimate of drug-likeness (QED) is 0.661. The van der Waals surface area contributed by atoms with E-state index in [1.165, 1.54) is 0 Å². The summed E-state index contributed by atoms with van der Waals surface area (Å²) in [5, 5.41) is 4.53. The molecular weight excluding hydrogens is 378 g/mol. The molecule has 1 aromatic heterocycles. The van der Waals surface area contributed by atoms with Crippen molar-refractivity contribution in [2.24, 2.45) is 0 Å². The zero-order valence-electron chi connectivity index (χ0n) is 17.2. The van der Waals surface area contributed by atoms with Crippen LogP contribution < -0.4 is 15.6 Å². The van der Waals surface area contributed by atoms with Crippen molar-refractivity contribution in [3.63, 3.8) is 0 Å². The van der Waals surface area contributed by atoms with Gasteiger partial charge in [-0.3, -0.25) is 9.59 Å². The number of fused-ring (bicyclic) bond motifs is 1. The highest BCUT2D eigenvalue weighted by molar-refractivity contribution is 5.80. The Labute approximate surface area is 175 Å². The zero-order chi connectivity index (χ0) is 20.9. The summed E-state index contributed by atoms with van der Waals surface area (Å²) in [5.41, 5.74) is 2.46. The Morgan fingerprint density at radius 2 is 1.83 bits per heavy atom. The lowest BCUT2D eigenvalue weighted by Crippen LogP contribution is -2.45. The van der Waals surface area contributed by atoms with Gasteiger partial charge >= 0.3 is 0 Å². The van der Waals surface area contributed by atoms with Crippen LogP contribution in [0.4, 0.5) is 0 Å². The molecule has 0 bridgehead atoms. The van der Waals surface area contributed by atoms with Crippen LogP contribution in [0.3, 0.4) is 0 Å². The van der Waals surface area contributed by atoms with E-state index in [1.807, 2.05) is 59.5 Å². The Kier molecular flexibility index (Phi) is 6.14. The van der Waals surface area contributed by atoms with Gasteiger partial charge in [0.25, 0.3) is 5.56 Å². The van der Waals surface area contributed by atoms with Crippen LogP contribution in [0.15, 0.2) is 59.4 Å². The molecule has 0 radical (unpaired) electrons. The molecule has 0 spiro atoms. The van der Waals surface area contributed by atoms with E-state index in [4.69, 9.17) is 4.74 Å². The third-order valence-electron chi connectivity index (χ3n) is 5.79. The number of ether oxygens (including phenoxy) is 1. The Balaban J connectivity index is 1.30. The molecule has 0 saturated carbocycles. The number of carbonyl (C=O) groups is 1. The van der Waals surface area contributed by atoms with Crippen molar-refractivity contribution in [2.45, 2.75) is 31.8 Å². The van der Waals surface area contributed by atoms with Crippen LogP contribution >= 0.6 is 0 Å². The van der Waals surface area contributed by atoms with Crippen LogP contribution in [0.2, 0.25) is 0 Å². The number of pyridine rings is 1. The van der Waals surface area contributed by atoms with Gasteiger partial charge in [-0.2, -0.15) is 0 Å². The number of amides is 1. The third-order valence-corrected chi connectivity index (χ3v) is 5.79. The Morgan fingerprint density at radius 1 is 1.10 bits per heavy atom. The van der Waals surface area contributed by atoms with E-state index in [1.54, 1.807) is 7.11 Å². The second kappa shape index (κ2) is 9.13. The molecule has 1 aliphatic heterocycles. The highest BCUT2D eigenvalue weighted by atomic mass is 16.5. The Hall–Kier alpha value is -3.12. The molecule has 4 rings (SSSR count). The molecule has 156 valence electrons. The Morgan fingerprint density at radius 3 is 2.63 bits per heavy atom. The maximum atomic E-state index is 12.7. The van der Waals surface area contributed by atoms with E-state index in [0.29, 0.717) is 19.0 Å². The average molecular weight is 405 g/mol. The van der Waals surface area contributed by atoms with E-state index in [2.05, 4.69) is 10.3 Å². The predicted octanol–water partition coefficient (Wildman–Crippen LogP) is 2.86. The van der Waals surface area contributed by atoms with Gasteiger partial charge in [-0.05, 0) is 36.4 Å². The van der Waals surface area contributed by atoms with E-state index in [0.717, 1.165) is 53.7 Å². The number of nitrogens with zero attached hydrogens (tertiary/aromatic N) is 1. The number of hydrogen-bond donors (Lipinski definition) is 2. The Bertz CT molecular complexity index is 1080. The molecule has 0 aliphatic carbocycles. The molecule has 30 heavy (non-hydrogen) atoms. The van der Waals surface area contributed by atoms with Gasteiger partial charge in [-0.25, -0.2) is 0 Å². The van der Waals surface area contributed by atoms with Gasteiger partial charge < -0.3 is 19.9 Å². The molecule has 0 unspecified atom stereocenters. The summed E-state index contributed by atoms with van der Waals surface area (Å²) in [4.78, 5) is 29.9. The highest BCUT2D eigenvalue weighted by Crippen LogP contribution is 2.20. The number of nitrogens with one attached hydrogen (secondary N) is 2. The van der Waals surface area contributed by atoms with Crippen LogP contribution in [-0.2, 0) is 17.8 Å². The number of benzene rings is 2. The van der Waals surface area contributed by atoms with Gasteiger partial charge in [0.05, 0.1) is 13.5 Å². The number of aromatic amines is 1. The minimum atomic E-state index is -0.0503. The normalized spacial score (nSPS) is 14.8. The topological polar surface area (TPSA) is 74.4 Å². The predicted molar refractivity (Wildman–Crippen MR) is 118 cm³/mol. The van der Waals surface area contributed by atoms with Crippen molar-refractivity contribution in [1.29, 1.82) is 0 Å². The zero-order valence-corrected chi connectivity index (χ0v) is 17.2. The number of rotatable bonds is 6. The SMILES string of the molecule is COc1ccccc1CC(=O)N1CCC(NCc2cc3ccccc3[nH]c2=O)CC1. The summed E-state index contributed by atoms with van der Waals surface area (Å²) < 4.78 is 5.35. The van der Waals surface area contributed by atoms with Crippen molar-refractivity contribution in [3.8, 4) is 5.75 Å². The highest BCUT2D eigenvalue weighted by Gasteiger charge is 2.23.